The second kappa shape index (κ2) is 8.58. The minimum absolute atomic E-state index is 0.0286. The molecular formula is C13H19N5OS2. The van der Waals surface area contributed by atoms with Gasteiger partial charge in [0, 0.05) is 11.5 Å². The van der Waals surface area contributed by atoms with Crippen molar-refractivity contribution in [3.05, 3.63) is 35.4 Å². The Kier molecular flexibility index (Phi) is 7.10. The number of benzene rings is 1. The summed E-state index contributed by atoms with van der Waals surface area (Å²) < 4.78 is 0. The van der Waals surface area contributed by atoms with Gasteiger partial charge in [0.15, 0.2) is 10.3 Å². The van der Waals surface area contributed by atoms with E-state index in [0.29, 0.717) is 5.75 Å². The minimum atomic E-state index is -0.459. The lowest BCUT2D eigenvalue weighted by molar-refractivity contribution is -0.118. The van der Waals surface area contributed by atoms with Gasteiger partial charge in [-0.25, -0.2) is 0 Å². The van der Waals surface area contributed by atoms with E-state index in [1.54, 1.807) is 0 Å². The van der Waals surface area contributed by atoms with Gasteiger partial charge in [-0.3, -0.25) is 15.6 Å². The standard InChI is InChI=1S/C13H19N5OS2/c14-11(19)10(7-21-13(17)18)9-3-1-8(2-4-9)5-6-20-12(15)16/h1-4,10H,5-7H2,(H2,14,19)(H3,15,16)(H3,17,18)/t10-/m0/s1. The lowest BCUT2D eigenvalue weighted by Gasteiger charge is -2.13. The van der Waals surface area contributed by atoms with Crippen LogP contribution in [-0.4, -0.2) is 27.7 Å². The first-order valence-corrected chi connectivity index (χ1v) is 8.19. The number of aryl methyl sites for hydroxylation is 1. The lowest BCUT2D eigenvalue weighted by Crippen LogP contribution is -2.24. The highest BCUT2D eigenvalue weighted by Crippen LogP contribution is 2.21. The second-order valence-corrected chi connectivity index (χ2v) is 6.53. The monoisotopic (exact) mass is 325 g/mol. The molecule has 0 aromatic heterocycles. The molecule has 8 N–H and O–H groups in total. The number of amides is 1. The SMILES string of the molecule is N=C(N)SCCc1ccc([C@H](CSC(=N)N)C(N)=O)cc1. The molecule has 21 heavy (non-hydrogen) atoms. The Morgan fingerprint density at radius 1 is 1.05 bits per heavy atom. The highest BCUT2D eigenvalue weighted by Gasteiger charge is 2.18. The summed E-state index contributed by atoms with van der Waals surface area (Å²) in [7, 11) is 0. The number of rotatable bonds is 7. The Bertz CT molecular complexity index is 518. The van der Waals surface area contributed by atoms with E-state index in [1.165, 1.54) is 11.8 Å². The number of nitrogens with two attached hydrogens (primary N) is 3. The smallest absolute Gasteiger partial charge is 0.225 e. The third kappa shape index (κ3) is 6.54. The summed E-state index contributed by atoms with van der Waals surface area (Å²) in [4.78, 5) is 11.5. The molecule has 0 saturated heterocycles. The molecule has 8 heteroatoms. The highest BCUT2D eigenvalue weighted by atomic mass is 32.2. The largest absolute Gasteiger partial charge is 0.379 e. The first-order valence-electron chi connectivity index (χ1n) is 6.22. The van der Waals surface area contributed by atoms with Crippen molar-refractivity contribution in [2.24, 2.45) is 17.2 Å². The zero-order valence-corrected chi connectivity index (χ0v) is 13.1. The van der Waals surface area contributed by atoms with E-state index in [-0.39, 0.29) is 10.3 Å². The average molecular weight is 325 g/mol. The second-order valence-electron chi connectivity index (χ2n) is 4.33. The molecule has 114 valence electrons. The number of carbonyl (C=O) groups is 1. The van der Waals surface area contributed by atoms with Crippen LogP contribution in [0.4, 0.5) is 0 Å². The quantitative estimate of drug-likeness (QED) is 0.376. The molecule has 0 heterocycles. The number of primary amides is 1. The fourth-order valence-electron chi connectivity index (χ4n) is 1.71. The van der Waals surface area contributed by atoms with E-state index in [1.807, 2.05) is 24.3 Å². The number of nitrogens with one attached hydrogen (secondary N) is 2. The van der Waals surface area contributed by atoms with Gasteiger partial charge in [-0.2, -0.15) is 0 Å². The Hall–Kier alpha value is -1.67. The van der Waals surface area contributed by atoms with Crippen LogP contribution in [0.1, 0.15) is 17.0 Å². The maximum atomic E-state index is 11.5. The predicted molar refractivity (Wildman–Crippen MR) is 90.8 cm³/mol. The number of hydrogen-bond donors (Lipinski definition) is 5. The zero-order valence-electron chi connectivity index (χ0n) is 11.5. The van der Waals surface area contributed by atoms with Crippen molar-refractivity contribution in [3.63, 3.8) is 0 Å². The van der Waals surface area contributed by atoms with E-state index in [2.05, 4.69) is 0 Å². The van der Waals surface area contributed by atoms with Crippen molar-refractivity contribution < 1.29 is 4.79 Å². The maximum Gasteiger partial charge on any atom is 0.225 e. The van der Waals surface area contributed by atoms with Crippen LogP contribution in [0.15, 0.2) is 24.3 Å². The predicted octanol–water partition coefficient (Wildman–Crippen LogP) is 1.05. The molecule has 0 aliphatic heterocycles. The fourth-order valence-corrected chi connectivity index (χ4v) is 2.97. The number of hydrogen-bond acceptors (Lipinski definition) is 5. The van der Waals surface area contributed by atoms with E-state index in [4.69, 9.17) is 28.0 Å². The molecule has 0 unspecified atom stereocenters. The van der Waals surface area contributed by atoms with Crippen LogP contribution >= 0.6 is 23.5 Å². The first-order chi connectivity index (χ1) is 9.90. The first kappa shape index (κ1) is 17.4. The summed E-state index contributed by atoms with van der Waals surface area (Å²) in [5.74, 6) is 0.223. The van der Waals surface area contributed by atoms with Gasteiger partial charge in [0.25, 0.3) is 0 Å². The van der Waals surface area contributed by atoms with Crippen molar-refractivity contribution in [3.8, 4) is 0 Å². The number of carbonyl (C=O) groups excluding carboxylic acids is 1. The lowest BCUT2D eigenvalue weighted by atomic mass is 9.98. The summed E-state index contributed by atoms with van der Waals surface area (Å²) >= 11 is 2.40. The third-order valence-corrected chi connectivity index (χ3v) is 4.31. The van der Waals surface area contributed by atoms with Crippen LogP contribution in [0, 0.1) is 10.8 Å². The summed E-state index contributed by atoms with van der Waals surface area (Å²) in [6.07, 6.45) is 0.800. The zero-order chi connectivity index (χ0) is 15.8. The van der Waals surface area contributed by atoms with Gasteiger partial charge in [0.05, 0.1) is 5.92 Å². The molecule has 1 amide bonds. The van der Waals surface area contributed by atoms with E-state index >= 15 is 0 Å². The molecule has 0 saturated carbocycles. The molecule has 0 aliphatic rings. The van der Waals surface area contributed by atoms with Gasteiger partial charge >= 0.3 is 0 Å². The third-order valence-electron chi connectivity index (χ3n) is 2.78. The van der Waals surface area contributed by atoms with Gasteiger partial charge in [-0.1, -0.05) is 47.8 Å². The van der Waals surface area contributed by atoms with E-state index < -0.39 is 11.8 Å². The van der Waals surface area contributed by atoms with Crippen LogP contribution in [-0.2, 0) is 11.2 Å². The minimum Gasteiger partial charge on any atom is -0.379 e. The van der Waals surface area contributed by atoms with Crippen LogP contribution < -0.4 is 17.2 Å². The Morgan fingerprint density at radius 2 is 1.62 bits per heavy atom. The molecule has 6 nitrogen and oxygen atoms in total. The summed E-state index contributed by atoms with van der Waals surface area (Å²) in [5, 5.41) is 14.4. The Balaban J connectivity index is 2.66. The van der Waals surface area contributed by atoms with Crippen LogP contribution in [0.2, 0.25) is 0 Å². The molecule has 0 radical (unpaired) electrons. The number of amidine groups is 2. The molecule has 1 atom stereocenters. The number of thioether (sulfide) groups is 2. The maximum absolute atomic E-state index is 11.5. The highest BCUT2D eigenvalue weighted by molar-refractivity contribution is 8.13. The van der Waals surface area contributed by atoms with Crippen molar-refractivity contribution in [2.45, 2.75) is 12.3 Å². The van der Waals surface area contributed by atoms with Gasteiger partial charge < -0.3 is 17.2 Å². The summed E-state index contributed by atoms with van der Waals surface area (Å²) in [6.45, 7) is 0. The van der Waals surface area contributed by atoms with Crippen molar-refractivity contribution >= 4 is 39.8 Å². The topological polar surface area (TPSA) is 143 Å². The van der Waals surface area contributed by atoms with Gasteiger partial charge in [-0.15, -0.1) is 0 Å². The van der Waals surface area contributed by atoms with Gasteiger partial charge in [0.2, 0.25) is 5.91 Å². The summed E-state index contributed by atoms with van der Waals surface area (Å²) in [5.41, 5.74) is 17.9. The van der Waals surface area contributed by atoms with E-state index in [9.17, 15) is 4.79 Å². The Labute approximate surface area is 132 Å². The van der Waals surface area contributed by atoms with Crippen molar-refractivity contribution in [2.75, 3.05) is 11.5 Å². The molecule has 0 aliphatic carbocycles. The molecule has 0 fully saturated rings. The van der Waals surface area contributed by atoms with Crippen LogP contribution in [0.3, 0.4) is 0 Å². The molecule has 0 spiro atoms. The average Bonchev–Trinajstić information content (AvgIpc) is 2.39. The van der Waals surface area contributed by atoms with E-state index in [0.717, 1.165) is 35.1 Å². The van der Waals surface area contributed by atoms with Crippen LogP contribution in [0.5, 0.6) is 0 Å². The normalized spacial score (nSPS) is 11.8. The van der Waals surface area contributed by atoms with Crippen LogP contribution in [0.25, 0.3) is 0 Å². The van der Waals surface area contributed by atoms with Gasteiger partial charge in [0.1, 0.15) is 0 Å². The molecule has 1 aromatic rings. The van der Waals surface area contributed by atoms with Crippen molar-refractivity contribution in [1.29, 1.82) is 10.8 Å². The molecule has 1 aromatic carbocycles. The molecule has 0 bridgehead atoms. The Morgan fingerprint density at radius 3 is 2.10 bits per heavy atom. The fraction of sp³-hybridized carbons (Fsp3) is 0.308. The molecular weight excluding hydrogens is 306 g/mol. The molecule has 1 rings (SSSR count). The van der Waals surface area contributed by atoms with Crippen molar-refractivity contribution in [1.82, 2.24) is 0 Å². The van der Waals surface area contributed by atoms with Gasteiger partial charge in [-0.05, 0) is 17.5 Å². The summed E-state index contributed by atoms with van der Waals surface area (Å²) in [6, 6.07) is 7.60.